The number of aliphatic hydroxyl groups is 9. The van der Waals surface area contributed by atoms with Crippen molar-refractivity contribution in [3.05, 3.63) is 41.5 Å². The molecule has 11 N–H and O–H groups in total. The summed E-state index contributed by atoms with van der Waals surface area (Å²) < 4.78 is 27.6. The Hall–Kier alpha value is -3.00. The van der Waals surface area contributed by atoms with Gasteiger partial charge in [-0.15, -0.1) is 0 Å². The van der Waals surface area contributed by atoms with Gasteiger partial charge in [0.1, 0.15) is 72.2 Å². The van der Waals surface area contributed by atoms with Gasteiger partial charge < -0.3 is 79.9 Å². The molecule has 16 nitrogen and oxygen atoms in total. The monoisotopic (exact) mass is 614 g/mol. The van der Waals surface area contributed by atoms with E-state index in [-0.39, 0.29) is 40.5 Å². The topological polar surface area (TPSA) is 269 Å². The molecule has 0 spiro atoms. The molecule has 3 aliphatic rings. The third-order valence-electron chi connectivity index (χ3n) is 7.68. The van der Waals surface area contributed by atoms with Gasteiger partial charge in [-0.3, -0.25) is 0 Å². The second-order valence-electron chi connectivity index (χ2n) is 10.6. The summed E-state index contributed by atoms with van der Waals surface area (Å²) >= 11 is 0. The second-order valence-corrected chi connectivity index (χ2v) is 10.6. The van der Waals surface area contributed by atoms with E-state index in [1.807, 2.05) is 0 Å². The minimum absolute atomic E-state index is 0.0677. The molecule has 0 radical (unpaired) electrons. The Labute approximate surface area is 243 Å². The van der Waals surface area contributed by atoms with Gasteiger partial charge in [-0.1, -0.05) is 6.07 Å². The number of rotatable bonds is 7. The average molecular weight is 615 g/mol. The van der Waals surface area contributed by atoms with Crippen molar-refractivity contribution >= 4 is 0 Å². The van der Waals surface area contributed by atoms with Crippen molar-refractivity contribution in [2.45, 2.75) is 80.0 Å². The summed E-state index contributed by atoms with van der Waals surface area (Å²) in [7, 11) is 0. The van der Waals surface area contributed by atoms with Crippen molar-refractivity contribution in [3.63, 3.8) is 0 Å². The molecular formula is C27H34O16. The van der Waals surface area contributed by atoms with E-state index < -0.39 is 92.6 Å². The quantitative estimate of drug-likeness (QED) is 0.144. The molecule has 2 aromatic rings. The lowest BCUT2D eigenvalue weighted by atomic mass is 9.94. The van der Waals surface area contributed by atoms with Crippen molar-refractivity contribution in [2.75, 3.05) is 13.2 Å². The molecule has 2 fully saturated rings. The van der Waals surface area contributed by atoms with Crippen LogP contribution < -0.4 is 14.2 Å². The van der Waals surface area contributed by atoms with Crippen LogP contribution in [-0.2, 0) is 15.9 Å². The highest BCUT2D eigenvalue weighted by molar-refractivity contribution is 5.52. The van der Waals surface area contributed by atoms with Crippen LogP contribution in [0.5, 0.6) is 28.7 Å². The molecule has 0 aromatic heterocycles. The first-order valence-electron chi connectivity index (χ1n) is 13.4. The number of hydrogen-bond acceptors (Lipinski definition) is 16. The molecular weight excluding hydrogens is 580 g/mol. The van der Waals surface area contributed by atoms with Gasteiger partial charge in [-0.05, 0) is 17.7 Å². The molecule has 2 saturated heterocycles. The number of aliphatic hydroxyl groups excluding tert-OH is 9. The van der Waals surface area contributed by atoms with Crippen LogP contribution in [0.2, 0.25) is 0 Å². The summed E-state index contributed by atoms with van der Waals surface area (Å²) in [5.74, 6) is -0.955. The summed E-state index contributed by atoms with van der Waals surface area (Å²) in [6.45, 7) is -1.33. The Morgan fingerprint density at radius 1 is 0.674 bits per heavy atom. The van der Waals surface area contributed by atoms with Crippen LogP contribution in [0.15, 0.2) is 30.3 Å². The van der Waals surface area contributed by atoms with Crippen molar-refractivity contribution in [1.82, 2.24) is 0 Å². The van der Waals surface area contributed by atoms with Crippen LogP contribution in [0.25, 0.3) is 0 Å². The van der Waals surface area contributed by atoms with Crippen molar-refractivity contribution in [1.29, 1.82) is 0 Å². The van der Waals surface area contributed by atoms with E-state index >= 15 is 0 Å². The first-order chi connectivity index (χ1) is 20.4. The lowest BCUT2D eigenvalue weighted by Crippen LogP contribution is -2.60. The van der Waals surface area contributed by atoms with Gasteiger partial charge in [0.2, 0.25) is 12.6 Å². The third kappa shape index (κ3) is 6.04. The molecule has 0 bridgehead atoms. The Kier molecular flexibility index (Phi) is 9.17. The molecule has 5 rings (SSSR count). The number of phenolic OH excluding ortho intramolecular Hbond substituents is 2. The van der Waals surface area contributed by atoms with E-state index in [1.165, 1.54) is 30.3 Å². The number of ether oxygens (including phenoxy) is 5. The first kappa shape index (κ1) is 31.4. The Balaban J connectivity index is 1.32. The molecule has 16 heteroatoms. The zero-order chi connectivity index (χ0) is 31.2. The lowest BCUT2D eigenvalue weighted by Gasteiger charge is -2.39. The predicted octanol–water partition coefficient (Wildman–Crippen LogP) is -3.51. The van der Waals surface area contributed by atoms with Crippen LogP contribution in [0.3, 0.4) is 0 Å². The summed E-state index contributed by atoms with van der Waals surface area (Å²) in [4.78, 5) is 0. The number of benzene rings is 2. The molecule has 0 saturated carbocycles. The number of aromatic hydroxyl groups is 2. The van der Waals surface area contributed by atoms with Crippen LogP contribution in [-0.4, -0.2) is 137 Å². The molecule has 3 aliphatic heterocycles. The summed E-state index contributed by atoms with van der Waals surface area (Å²) in [6.07, 6.45) is -17.8. The first-order valence-corrected chi connectivity index (χ1v) is 13.4. The Bertz CT molecular complexity index is 1270. The maximum Gasteiger partial charge on any atom is 0.229 e. The van der Waals surface area contributed by atoms with Gasteiger partial charge >= 0.3 is 0 Å². The van der Waals surface area contributed by atoms with Crippen LogP contribution in [0, 0.1) is 0 Å². The van der Waals surface area contributed by atoms with Crippen molar-refractivity contribution < 1.29 is 79.9 Å². The zero-order valence-electron chi connectivity index (χ0n) is 22.4. The molecule has 0 unspecified atom stereocenters. The summed E-state index contributed by atoms with van der Waals surface area (Å²) in [6, 6.07) is 6.45. The van der Waals surface area contributed by atoms with Gasteiger partial charge in [-0.2, -0.15) is 0 Å². The SMILES string of the molecule is OC[C@H]1O[C@H](Oc2cc(O)c3c(c2)O[C@H](c2ccc(O[C@H]4O[C@H](CO)[C@@H](O)[C@H](O)[C@H]4O)c(O)c2)[C@@H](O)C3)[C@H](O)[C@@H](O)[C@@H]1O. The van der Waals surface area contributed by atoms with Gasteiger partial charge in [0, 0.05) is 24.1 Å². The highest BCUT2D eigenvalue weighted by atomic mass is 16.7. The largest absolute Gasteiger partial charge is 0.507 e. The van der Waals surface area contributed by atoms with Gasteiger partial charge in [0.15, 0.2) is 11.5 Å². The molecule has 43 heavy (non-hydrogen) atoms. The third-order valence-corrected chi connectivity index (χ3v) is 7.68. The van der Waals surface area contributed by atoms with E-state index in [4.69, 9.17) is 23.7 Å². The maximum absolute atomic E-state index is 10.8. The summed E-state index contributed by atoms with van der Waals surface area (Å²) in [5, 5.41) is 111. The number of hydrogen-bond donors (Lipinski definition) is 11. The molecule has 0 aliphatic carbocycles. The number of phenols is 2. The molecule has 238 valence electrons. The van der Waals surface area contributed by atoms with Crippen LogP contribution in [0.1, 0.15) is 17.2 Å². The fourth-order valence-corrected chi connectivity index (χ4v) is 5.21. The minimum Gasteiger partial charge on any atom is -0.507 e. The second kappa shape index (κ2) is 12.5. The fourth-order valence-electron chi connectivity index (χ4n) is 5.21. The zero-order valence-corrected chi connectivity index (χ0v) is 22.4. The van der Waals surface area contributed by atoms with Gasteiger partial charge in [0.05, 0.1) is 19.3 Å². The van der Waals surface area contributed by atoms with Crippen molar-refractivity contribution in [3.8, 4) is 28.7 Å². The maximum atomic E-state index is 10.8. The van der Waals surface area contributed by atoms with E-state index in [2.05, 4.69) is 0 Å². The molecule has 0 amide bonds. The Morgan fingerprint density at radius 2 is 1.26 bits per heavy atom. The van der Waals surface area contributed by atoms with E-state index in [1.54, 1.807) is 0 Å². The van der Waals surface area contributed by atoms with Gasteiger partial charge in [-0.25, -0.2) is 0 Å². The smallest absolute Gasteiger partial charge is 0.229 e. The molecule has 3 heterocycles. The highest BCUT2D eigenvalue weighted by Gasteiger charge is 2.46. The van der Waals surface area contributed by atoms with Gasteiger partial charge in [0.25, 0.3) is 0 Å². The summed E-state index contributed by atoms with van der Waals surface area (Å²) in [5.41, 5.74) is 0.508. The minimum atomic E-state index is -1.70. The fraction of sp³-hybridized carbons (Fsp3) is 0.556. The molecule has 12 atom stereocenters. The van der Waals surface area contributed by atoms with E-state index in [0.29, 0.717) is 0 Å². The normalized spacial score (nSPS) is 37.7. The predicted molar refractivity (Wildman–Crippen MR) is 138 cm³/mol. The standard InChI is InChI=1S/C27H34O16/c28-7-17-19(33)21(35)23(37)26(42-17)39-10-4-12(30)11-6-14(32)25(40-16(11)5-10)9-1-2-15(13(31)3-9)41-27-24(38)22(36)20(34)18(8-29)43-27/h1-5,14,17-38H,6-8H2/t14-,17+,18+,19+,20+,21-,22-,23+,24+,25+,26-,27-/m0/s1. The number of fused-ring (bicyclic) bond motifs is 1. The van der Waals surface area contributed by atoms with Crippen LogP contribution in [0.4, 0.5) is 0 Å². The van der Waals surface area contributed by atoms with E-state index in [9.17, 15) is 56.2 Å². The lowest BCUT2D eigenvalue weighted by molar-refractivity contribution is -0.277. The van der Waals surface area contributed by atoms with E-state index in [0.717, 1.165) is 0 Å². The van der Waals surface area contributed by atoms with Crippen molar-refractivity contribution in [2.24, 2.45) is 0 Å². The average Bonchev–Trinajstić information content (AvgIpc) is 2.98. The Morgan fingerprint density at radius 3 is 1.81 bits per heavy atom. The van der Waals surface area contributed by atoms with Crippen LogP contribution >= 0.6 is 0 Å². The highest BCUT2D eigenvalue weighted by Crippen LogP contribution is 2.44. The molecule has 2 aromatic carbocycles.